The Balaban J connectivity index is 0.000000500. The molecule has 1 saturated heterocycles. The summed E-state index contributed by atoms with van der Waals surface area (Å²) >= 11 is 0. The molecule has 14 heavy (non-hydrogen) atoms. The fraction of sp³-hybridized carbons (Fsp3) is 1.00. The number of nitrogens with zero attached hydrogens (tertiary/aromatic N) is 1. The minimum atomic E-state index is 0.831. The van der Waals surface area contributed by atoms with Crippen LogP contribution in [-0.4, -0.2) is 52.0 Å². The van der Waals surface area contributed by atoms with E-state index in [1.165, 1.54) is 13.0 Å². The minimum absolute atomic E-state index is 0.831. The molecule has 0 atom stereocenters. The highest BCUT2D eigenvalue weighted by molar-refractivity contribution is 4.62. The van der Waals surface area contributed by atoms with Gasteiger partial charge >= 0.3 is 0 Å². The maximum atomic E-state index is 5.26. The summed E-state index contributed by atoms with van der Waals surface area (Å²) in [4.78, 5) is 2.49. The summed E-state index contributed by atoms with van der Waals surface area (Å²) < 4.78 is 9.51. The molecule has 0 bridgehead atoms. The first-order valence-electron chi connectivity index (χ1n) is 5.41. The van der Waals surface area contributed by atoms with Gasteiger partial charge in [0.15, 0.2) is 0 Å². The second-order valence-electron chi connectivity index (χ2n) is 4.04. The van der Waals surface area contributed by atoms with E-state index in [4.69, 9.17) is 4.74 Å². The molecule has 0 aromatic rings. The van der Waals surface area contributed by atoms with E-state index in [0.29, 0.717) is 0 Å². The van der Waals surface area contributed by atoms with Crippen molar-refractivity contribution in [1.29, 1.82) is 0 Å². The van der Waals surface area contributed by atoms with Crippen molar-refractivity contribution in [2.45, 2.75) is 20.3 Å². The van der Waals surface area contributed by atoms with Crippen molar-refractivity contribution in [3.05, 3.63) is 0 Å². The average Bonchev–Trinajstić information content (AvgIpc) is 2.18. The summed E-state index contributed by atoms with van der Waals surface area (Å²) in [5.41, 5.74) is 0. The normalized spacial score (nSPS) is 17.8. The van der Waals surface area contributed by atoms with Crippen molar-refractivity contribution in [1.82, 2.24) is 4.90 Å². The Morgan fingerprint density at radius 2 is 1.71 bits per heavy atom. The van der Waals surface area contributed by atoms with Crippen LogP contribution in [-0.2, 0) is 9.47 Å². The zero-order valence-corrected chi connectivity index (χ0v) is 10.1. The van der Waals surface area contributed by atoms with Crippen molar-refractivity contribution >= 4 is 0 Å². The molecule has 86 valence electrons. The third-order valence-electron chi connectivity index (χ3n) is 2.13. The van der Waals surface area contributed by atoms with Gasteiger partial charge in [-0.3, -0.25) is 4.90 Å². The first-order chi connectivity index (χ1) is 6.70. The van der Waals surface area contributed by atoms with E-state index < -0.39 is 0 Å². The Morgan fingerprint density at radius 3 is 2.14 bits per heavy atom. The molecule has 0 aromatic carbocycles. The average molecular weight is 203 g/mol. The summed E-state index contributed by atoms with van der Waals surface area (Å²) in [6.07, 6.45) is 1.32. The van der Waals surface area contributed by atoms with Crippen molar-refractivity contribution in [2.24, 2.45) is 5.92 Å². The molecule has 0 unspecified atom stereocenters. The predicted molar refractivity (Wildman–Crippen MR) is 59.6 cm³/mol. The topological polar surface area (TPSA) is 21.7 Å². The molecule has 1 aliphatic heterocycles. The Labute approximate surface area is 88.4 Å². The van der Waals surface area contributed by atoms with Crippen molar-refractivity contribution in [3.63, 3.8) is 0 Å². The maximum absolute atomic E-state index is 5.26. The molecule has 0 N–H and O–H groups in total. The number of ether oxygens (including phenoxy) is 2. The van der Waals surface area contributed by atoms with E-state index >= 15 is 0 Å². The third-order valence-corrected chi connectivity index (χ3v) is 2.13. The van der Waals surface area contributed by atoms with E-state index in [1.54, 1.807) is 14.2 Å². The Kier molecular flexibility index (Phi) is 9.35. The molecule has 0 aromatic heterocycles. The van der Waals surface area contributed by atoms with Crippen LogP contribution in [0.3, 0.4) is 0 Å². The molecule has 0 aliphatic carbocycles. The van der Waals surface area contributed by atoms with Crippen LogP contribution in [0, 0.1) is 5.92 Å². The van der Waals surface area contributed by atoms with Crippen LogP contribution in [0.5, 0.6) is 0 Å². The van der Waals surface area contributed by atoms with Crippen LogP contribution >= 0.6 is 0 Å². The quantitative estimate of drug-likeness (QED) is 0.696. The van der Waals surface area contributed by atoms with Crippen LogP contribution < -0.4 is 0 Å². The van der Waals surface area contributed by atoms with Gasteiger partial charge in [0.2, 0.25) is 0 Å². The number of rotatable bonds is 3. The molecule has 3 heteroatoms. The van der Waals surface area contributed by atoms with E-state index in [2.05, 4.69) is 23.5 Å². The molecule has 1 fully saturated rings. The summed E-state index contributed by atoms with van der Waals surface area (Å²) in [6.45, 7) is 9.93. The van der Waals surface area contributed by atoms with Gasteiger partial charge in [-0.2, -0.15) is 0 Å². The Morgan fingerprint density at radius 1 is 1.21 bits per heavy atom. The summed E-state index contributed by atoms with van der Waals surface area (Å²) in [5, 5.41) is 0. The lowest BCUT2D eigenvalue weighted by molar-refractivity contribution is 0.0360. The molecular weight excluding hydrogens is 178 g/mol. The monoisotopic (exact) mass is 203 g/mol. The predicted octanol–water partition coefficient (Wildman–Crippen LogP) is 1.63. The lowest BCUT2D eigenvalue weighted by atomic mass is 10.1. The van der Waals surface area contributed by atoms with Crippen LogP contribution in [0.2, 0.25) is 0 Å². The molecule has 1 rings (SSSR count). The van der Waals surface area contributed by atoms with Crippen LogP contribution in [0.4, 0.5) is 0 Å². The van der Waals surface area contributed by atoms with E-state index in [1.807, 2.05) is 0 Å². The summed E-state index contributed by atoms with van der Waals surface area (Å²) in [6, 6.07) is 0. The number of hydrogen-bond donors (Lipinski definition) is 0. The number of morpholine rings is 1. The van der Waals surface area contributed by atoms with E-state index in [0.717, 1.165) is 32.2 Å². The van der Waals surface area contributed by atoms with Gasteiger partial charge < -0.3 is 9.47 Å². The molecule has 0 amide bonds. The van der Waals surface area contributed by atoms with Gasteiger partial charge in [-0.15, -0.1) is 0 Å². The van der Waals surface area contributed by atoms with Gasteiger partial charge in [-0.25, -0.2) is 0 Å². The largest absolute Gasteiger partial charge is 0.388 e. The lowest BCUT2D eigenvalue weighted by Crippen LogP contribution is -2.37. The van der Waals surface area contributed by atoms with Gasteiger partial charge in [0.25, 0.3) is 0 Å². The molecule has 0 spiro atoms. The first-order valence-corrected chi connectivity index (χ1v) is 5.41. The highest BCUT2D eigenvalue weighted by Crippen LogP contribution is 2.03. The van der Waals surface area contributed by atoms with Crippen molar-refractivity contribution in [3.8, 4) is 0 Å². The van der Waals surface area contributed by atoms with E-state index in [9.17, 15) is 0 Å². The van der Waals surface area contributed by atoms with Gasteiger partial charge in [-0.05, 0) is 18.9 Å². The van der Waals surface area contributed by atoms with Gasteiger partial charge in [-0.1, -0.05) is 13.8 Å². The van der Waals surface area contributed by atoms with Crippen molar-refractivity contribution in [2.75, 3.05) is 47.1 Å². The number of hydrogen-bond acceptors (Lipinski definition) is 3. The van der Waals surface area contributed by atoms with Crippen LogP contribution in [0.25, 0.3) is 0 Å². The second-order valence-corrected chi connectivity index (χ2v) is 4.04. The highest BCUT2D eigenvalue weighted by Gasteiger charge is 2.09. The first kappa shape index (κ1) is 13.9. The van der Waals surface area contributed by atoms with Crippen LogP contribution in [0.1, 0.15) is 20.3 Å². The molecule has 1 heterocycles. The summed E-state index contributed by atoms with van der Waals surface area (Å²) in [7, 11) is 3.25. The molecule has 3 nitrogen and oxygen atoms in total. The highest BCUT2D eigenvalue weighted by atomic mass is 16.5. The Hall–Kier alpha value is -0.120. The zero-order chi connectivity index (χ0) is 10.8. The molecular formula is C11H25NO2. The standard InChI is InChI=1S/C9H19NO.C2H6O/c1-9(2)3-4-10-5-7-11-8-6-10;1-3-2/h9H,3-8H2,1-2H3;1-2H3. The summed E-state index contributed by atoms with van der Waals surface area (Å²) in [5.74, 6) is 0.831. The lowest BCUT2D eigenvalue weighted by Gasteiger charge is -2.26. The van der Waals surface area contributed by atoms with Gasteiger partial charge in [0, 0.05) is 27.3 Å². The zero-order valence-electron chi connectivity index (χ0n) is 10.1. The molecule has 0 saturated carbocycles. The van der Waals surface area contributed by atoms with Crippen molar-refractivity contribution < 1.29 is 9.47 Å². The maximum Gasteiger partial charge on any atom is 0.0594 e. The SMILES string of the molecule is CC(C)CCN1CCOCC1.COC. The third kappa shape index (κ3) is 8.48. The second kappa shape index (κ2) is 9.44. The van der Waals surface area contributed by atoms with Gasteiger partial charge in [0.1, 0.15) is 0 Å². The van der Waals surface area contributed by atoms with Crippen LogP contribution in [0.15, 0.2) is 0 Å². The molecule has 0 radical (unpaired) electrons. The van der Waals surface area contributed by atoms with E-state index in [-0.39, 0.29) is 0 Å². The minimum Gasteiger partial charge on any atom is -0.388 e. The molecule has 1 aliphatic rings. The van der Waals surface area contributed by atoms with Gasteiger partial charge in [0.05, 0.1) is 13.2 Å². The number of methoxy groups -OCH3 is 1. The fourth-order valence-electron chi connectivity index (χ4n) is 1.27. The fourth-order valence-corrected chi connectivity index (χ4v) is 1.27. The smallest absolute Gasteiger partial charge is 0.0594 e. The Bertz CT molecular complexity index is 112.